The Morgan fingerprint density at radius 3 is 2.71 bits per heavy atom. The monoisotopic (exact) mass is 187 g/mol. The van der Waals surface area contributed by atoms with E-state index in [2.05, 4.69) is 11.9 Å². The van der Waals surface area contributed by atoms with Gasteiger partial charge in [0, 0.05) is 18.1 Å². The van der Waals surface area contributed by atoms with E-state index in [1.54, 1.807) is 6.20 Å². The minimum absolute atomic E-state index is 0.534. The average Bonchev–Trinajstić information content (AvgIpc) is 2.18. The van der Waals surface area contributed by atoms with Crippen LogP contribution in [0, 0.1) is 6.92 Å². The van der Waals surface area contributed by atoms with E-state index in [0.29, 0.717) is 12.4 Å². The summed E-state index contributed by atoms with van der Waals surface area (Å²) in [5, 5.41) is 2.10. The molecule has 0 atom stereocenters. The molecule has 0 saturated heterocycles. The smallest absolute Gasteiger partial charge is 0.131 e. The van der Waals surface area contributed by atoms with E-state index in [1.807, 2.05) is 18.2 Å². The highest BCUT2D eigenvalue weighted by atomic mass is 14.8. The lowest BCUT2D eigenvalue weighted by molar-refractivity contribution is 1.06. The molecule has 1 aromatic carbocycles. The molecule has 0 fully saturated rings. The summed E-state index contributed by atoms with van der Waals surface area (Å²) in [5.41, 5.74) is 13.8. The lowest BCUT2D eigenvalue weighted by atomic mass is 10.0. The van der Waals surface area contributed by atoms with Crippen LogP contribution in [-0.4, -0.2) is 4.98 Å². The fraction of sp³-hybridized carbons (Fsp3) is 0.182. The van der Waals surface area contributed by atoms with Crippen LogP contribution in [-0.2, 0) is 6.54 Å². The van der Waals surface area contributed by atoms with Gasteiger partial charge in [0.05, 0.1) is 0 Å². The molecule has 0 saturated carbocycles. The second-order valence-corrected chi connectivity index (χ2v) is 3.36. The number of aromatic nitrogens is 1. The van der Waals surface area contributed by atoms with E-state index in [-0.39, 0.29) is 0 Å². The number of pyridine rings is 1. The van der Waals surface area contributed by atoms with Crippen molar-refractivity contribution in [1.82, 2.24) is 4.98 Å². The summed E-state index contributed by atoms with van der Waals surface area (Å²) >= 11 is 0. The van der Waals surface area contributed by atoms with Crippen LogP contribution < -0.4 is 11.5 Å². The largest absolute Gasteiger partial charge is 0.383 e. The first kappa shape index (κ1) is 8.97. The van der Waals surface area contributed by atoms with Crippen LogP contribution in [0.15, 0.2) is 24.4 Å². The zero-order chi connectivity index (χ0) is 10.1. The lowest BCUT2D eigenvalue weighted by Gasteiger charge is -2.08. The number of anilines is 1. The van der Waals surface area contributed by atoms with Gasteiger partial charge in [-0.05, 0) is 29.5 Å². The molecule has 0 aliphatic heterocycles. The van der Waals surface area contributed by atoms with Gasteiger partial charge in [0.15, 0.2) is 0 Å². The molecule has 2 aromatic rings. The molecule has 3 heteroatoms. The Morgan fingerprint density at radius 1 is 1.21 bits per heavy atom. The number of fused-ring (bicyclic) bond motifs is 1. The second-order valence-electron chi connectivity index (χ2n) is 3.36. The Kier molecular flexibility index (Phi) is 2.09. The number of benzene rings is 1. The van der Waals surface area contributed by atoms with Crippen molar-refractivity contribution in [3.63, 3.8) is 0 Å². The molecule has 14 heavy (non-hydrogen) atoms. The highest BCUT2D eigenvalue weighted by Gasteiger charge is 2.04. The summed E-state index contributed by atoms with van der Waals surface area (Å²) in [6, 6.07) is 5.98. The Morgan fingerprint density at radius 2 is 2.00 bits per heavy atom. The van der Waals surface area contributed by atoms with E-state index in [1.165, 1.54) is 5.56 Å². The third-order valence-corrected chi connectivity index (χ3v) is 2.53. The Hall–Kier alpha value is -1.61. The fourth-order valence-corrected chi connectivity index (χ4v) is 1.72. The molecular weight excluding hydrogens is 174 g/mol. The van der Waals surface area contributed by atoms with Gasteiger partial charge in [-0.2, -0.15) is 0 Å². The summed E-state index contributed by atoms with van der Waals surface area (Å²) in [5.74, 6) is 0.567. The zero-order valence-electron chi connectivity index (χ0n) is 8.12. The summed E-state index contributed by atoms with van der Waals surface area (Å²) in [4.78, 5) is 4.05. The minimum Gasteiger partial charge on any atom is -0.383 e. The lowest BCUT2D eigenvalue weighted by Crippen LogP contribution is -2.01. The predicted molar refractivity (Wildman–Crippen MR) is 58.8 cm³/mol. The average molecular weight is 187 g/mol. The molecule has 0 aliphatic rings. The van der Waals surface area contributed by atoms with Crippen molar-refractivity contribution >= 4 is 16.6 Å². The zero-order valence-corrected chi connectivity index (χ0v) is 8.12. The van der Waals surface area contributed by atoms with E-state index in [4.69, 9.17) is 11.5 Å². The van der Waals surface area contributed by atoms with Crippen molar-refractivity contribution in [2.45, 2.75) is 13.5 Å². The van der Waals surface area contributed by atoms with Crippen molar-refractivity contribution in [3.05, 3.63) is 35.5 Å². The Bertz CT molecular complexity index is 477. The number of nitrogens with zero attached hydrogens (tertiary/aromatic N) is 1. The van der Waals surface area contributed by atoms with Crippen LogP contribution in [0.5, 0.6) is 0 Å². The van der Waals surface area contributed by atoms with Gasteiger partial charge < -0.3 is 11.5 Å². The third-order valence-electron chi connectivity index (χ3n) is 2.53. The first-order valence-electron chi connectivity index (χ1n) is 4.56. The van der Waals surface area contributed by atoms with Gasteiger partial charge in [-0.1, -0.05) is 12.1 Å². The first-order valence-corrected chi connectivity index (χ1v) is 4.56. The number of rotatable bonds is 1. The SMILES string of the molecule is Cc1ccc2c(N)nccc2c1CN. The van der Waals surface area contributed by atoms with Crippen LogP contribution in [0.3, 0.4) is 0 Å². The maximum atomic E-state index is 5.78. The van der Waals surface area contributed by atoms with Crippen LogP contribution in [0.4, 0.5) is 5.82 Å². The van der Waals surface area contributed by atoms with E-state index in [0.717, 1.165) is 16.3 Å². The molecular formula is C11H13N3. The van der Waals surface area contributed by atoms with Crippen molar-refractivity contribution < 1.29 is 0 Å². The molecule has 0 amide bonds. The van der Waals surface area contributed by atoms with E-state index < -0.39 is 0 Å². The second kappa shape index (κ2) is 3.27. The number of aryl methyl sites for hydroxylation is 1. The molecule has 1 heterocycles. The number of nitrogen functional groups attached to an aromatic ring is 1. The maximum absolute atomic E-state index is 5.78. The third kappa shape index (κ3) is 1.22. The molecule has 0 spiro atoms. The van der Waals surface area contributed by atoms with Crippen molar-refractivity contribution in [2.75, 3.05) is 5.73 Å². The first-order chi connectivity index (χ1) is 6.74. The molecule has 3 nitrogen and oxygen atoms in total. The summed E-state index contributed by atoms with van der Waals surface area (Å²) < 4.78 is 0. The van der Waals surface area contributed by atoms with Gasteiger partial charge in [-0.25, -0.2) is 4.98 Å². The van der Waals surface area contributed by atoms with Gasteiger partial charge in [0.25, 0.3) is 0 Å². The summed E-state index contributed by atoms with van der Waals surface area (Å²) in [6.07, 6.45) is 1.72. The predicted octanol–water partition coefficient (Wildman–Crippen LogP) is 1.58. The van der Waals surface area contributed by atoms with Gasteiger partial charge >= 0.3 is 0 Å². The normalized spacial score (nSPS) is 10.7. The molecule has 72 valence electrons. The van der Waals surface area contributed by atoms with Gasteiger partial charge in [0.2, 0.25) is 0 Å². The van der Waals surface area contributed by atoms with Crippen molar-refractivity contribution in [1.29, 1.82) is 0 Å². The quantitative estimate of drug-likeness (QED) is 0.712. The summed E-state index contributed by atoms with van der Waals surface area (Å²) in [6.45, 7) is 2.59. The Balaban J connectivity index is 2.88. The minimum atomic E-state index is 0.534. The molecule has 0 unspecified atom stereocenters. The topological polar surface area (TPSA) is 64.9 Å². The van der Waals surface area contributed by atoms with Gasteiger partial charge in [-0.15, -0.1) is 0 Å². The van der Waals surface area contributed by atoms with E-state index in [9.17, 15) is 0 Å². The Labute approximate surface area is 82.7 Å². The maximum Gasteiger partial charge on any atom is 0.131 e. The molecule has 1 aromatic heterocycles. The van der Waals surface area contributed by atoms with E-state index >= 15 is 0 Å². The number of hydrogen-bond donors (Lipinski definition) is 2. The van der Waals surface area contributed by atoms with Crippen LogP contribution in [0.25, 0.3) is 10.8 Å². The van der Waals surface area contributed by atoms with Crippen molar-refractivity contribution in [3.8, 4) is 0 Å². The van der Waals surface area contributed by atoms with Crippen LogP contribution in [0.2, 0.25) is 0 Å². The molecule has 0 radical (unpaired) electrons. The van der Waals surface area contributed by atoms with Gasteiger partial charge in [0.1, 0.15) is 5.82 Å². The summed E-state index contributed by atoms with van der Waals surface area (Å²) in [7, 11) is 0. The molecule has 0 bridgehead atoms. The molecule has 2 rings (SSSR count). The molecule has 0 aliphatic carbocycles. The molecule has 4 N–H and O–H groups in total. The van der Waals surface area contributed by atoms with Crippen molar-refractivity contribution in [2.24, 2.45) is 5.73 Å². The highest BCUT2D eigenvalue weighted by Crippen LogP contribution is 2.24. The number of nitrogens with two attached hydrogens (primary N) is 2. The number of hydrogen-bond acceptors (Lipinski definition) is 3. The van der Waals surface area contributed by atoms with Crippen LogP contribution >= 0.6 is 0 Å². The van der Waals surface area contributed by atoms with Gasteiger partial charge in [-0.3, -0.25) is 0 Å². The standard InChI is InChI=1S/C11H13N3/c1-7-2-3-9-8(10(7)6-12)4-5-14-11(9)13/h2-5H,6,12H2,1H3,(H2,13,14). The highest BCUT2D eigenvalue weighted by molar-refractivity contribution is 5.93. The fourth-order valence-electron chi connectivity index (χ4n) is 1.72. The van der Waals surface area contributed by atoms with Crippen LogP contribution in [0.1, 0.15) is 11.1 Å².